The fourth-order valence-electron chi connectivity index (χ4n) is 2.24. The fraction of sp³-hybridized carbons (Fsp3) is 0.118. The number of carboxylic acids is 1. The highest BCUT2D eigenvalue weighted by Crippen LogP contribution is 2.22. The second-order valence-electron chi connectivity index (χ2n) is 5.33. The molecule has 132 valence electrons. The fourth-order valence-corrected chi connectivity index (χ4v) is 2.96. The predicted molar refractivity (Wildman–Crippen MR) is 97.0 cm³/mol. The van der Waals surface area contributed by atoms with Gasteiger partial charge in [-0.25, -0.2) is 4.79 Å². The molecular formula is C17H15N5O3S. The monoisotopic (exact) mass is 369 g/mol. The molecule has 0 atom stereocenters. The van der Waals surface area contributed by atoms with E-state index in [0.29, 0.717) is 16.7 Å². The quantitative estimate of drug-likeness (QED) is 0.642. The number of carbonyl (C=O) groups is 2. The van der Waals surface area contributed by atoms with Crippen molar-refractivity contribution in [2.24, 2.45) is 7.05 Å². The number of benzene rings is 1. The Morgan fingerprint density at radius 2 is 2.08 bits per heavy atom. The summed E-state index contributed by atoms with van der Waals surface area (Å²) in [6, 6.07) is 9.79. The summed E-state index contributed by atoms with van der Waals surface area (Å²) in [5.41, 5.74) is 1.39. The molecule has 8 nitrogen and oxygen atoms in total. The van der Waals surface area contributed by atoms with Crippen molar-refractivity contribution in [2.75, 3.05) is 11.1 Å². The SMILES string of the molecule is Cn1c(SCC(=O)Nc2cccc(C(=O)O)c2)nnc1-c1cccnc1. The number of rotatable bonds is 6. The Kier molecular flexibility index (Phi) is 5.28. The number of aromatic carboxylic acids is 1. The van der Waals surface area contributed by atoms with Crippen LogP contribution < -0.4 is 5.32 Å². The molecule has 2 N–H and O–H groups in total. The van der Waals surface area contributed by atoms with Gasteiger partial charge in [-0.15, -0.1) is 10.2 Å². The molecule has 0 saturated carbocycles. The van der Waals surface area contributed by atoms with Gasteiger partial charge in [0.25, 0.3) is 0 Å². The Morgan fingerprint density at radius 3 is 2.81 bits per heavy atom. The number of carbonyl (C=O) groups excluding carboxylic acids is 1. The summed E-state index contributed by atoms with van der Waals surface area (Å²) in [4.78, 5) is 27.1. The lowest BCUT2D eigenvalue weighted by Crippen LogP contribution is -2.15. The third-order valence-electron chi connectivity index (χ3n) is 3.48. The molecule has 0 fully saturated rings. The molecule has 0 aliphatic rings. The van der Waals surface area contributed by atoms with Crippen molar-refractivity contribution in [3.05, 3.63) is 54.4 Å². The van der Waals surface area contributed by atoms with E-state index in [1.807, 2.05) is 19.2 Å². The number of thioether (sulfide) groups is 1. The van der Waals surface area contributed by atoms with E-state index >= 15 is 0 Å². The molecule has 0 bridgehead atoms. The van der Waals surface area contributed by atoms with Gasteiger partial charge in [0.05, 0.1) is 11.3 Å². The van der Waals surface area contributed by atoms with Crippen LogP contribution in [0.5, 0.6) is 0 Å². The van der Waals surface area contributed by atoms with E-state index in [-0.39, 0.29) is 17.2 Å². The maximum absolute atomic E-state index is 12.1. The van der Waals surface area contributed by atoms with E-state index in [4.69, 9.17) is 5.11 Å². The number of anilines is 1. The van der Waals surface area contributed by atoms with Crippen LogP contribution in [-0.4, -0.2) is 42.5 Å². The lowest BCUT2D eigenvalue weighted by molar-refractivity contribution is -0.113. The molecule has 2 aromatic heterocycles. The van der Waals surface area contributed by atoms with E-state index in [1.165, 1.54) is 23.9 Å². The third kappa shape index (κ3) is 4.06. The van der Waals surface area contributed by atoms with Crippen LogP contribution in [0, 0.1) is 0 Å². The lowest BCUT2D eigenvalue weighted by atomic mass is 10.2. The second-order valence-corrected chi connectivity index (χ2v) is 6.27. The first-order valence-electron chi connectivity index (χ1n) is 7.60. The molecule has 9 heteroatoms. The minimum Gasteiger partial charge on any atom is -0.478 e. The number of hydrogen-bond acceptors (Lipinski definition) is 6. The maximum Gasteiger partial charge on any atom is 0.335 e. The minimum atomic E-state index is -1.04. The van der Waals surface area contributed by atoms with Gasteiger partial charge in [0.2, 0.25) is 5.91 Å². The molecule has 0 radical (unpaired) electrons. The highest BCUT2D eigenvalue weighted by atomic mass is 32.2. The summed E-state index contributed by atoms with van der Waals surface area (Å²) in [6.45, 7) is 0. The van der Waals surface area contributed by atoms with Crippen molar-refractivity contribution in [1.82, 2.24) is 19.7 Å². The molecule has 3 rings (SSSR count). The van der Waals surface area contributed by atoms with Crippen molar-refractivity contribution in [2.45, 2.75) is 5.16 Å². The molecule has 0 saturated heterocycles. The first-order chi connectivity index (χ1) is 12.5. The Hall–Kier alpha value is -3.20. The number of carboxylic acid groups (broad SMARTS) is 1. The summed E-state index contributed by atoms with van der Waals surface area (Å²) >= 11 is 1.24. The molecule has 0 aliphatic carbocycles. The Labute approximate surface area is 153 Å². The summed E-state index contributed by atoms with van der Waals surface area (Å²) in [5.74, 6) is -0.521. The van der Waals surface area contributed by atoms with Crippen LogP contribution in [0.1, 0.15) is 10.4 Å². The molecule has 1 amide bonds. The average molecular weight is 369 g/mol. The van der Waals surface area contributed by atoms with Crippen LogP contribution in [-0.2, 0) is 11.8 Å². The zero-order valence-electron chi connectivity index (χ0n) is 13.8. The van der Waals surface area contributed by atoms with E-state index in [1.54, 1.807) is 29.1 Å². The first-order valence-corrected chi connectivity index (χ1v) is 8.59. The second kappa shape index (κ2) is 7.79. The number of nitrogens with one attached hydrogen (secondary N) is 1. The van der Waals surface area contributed by atoms with Gasteiger partial charge in [-0.1, -0.05) is 17.8 Å². The van der Waals surface area contributed by atoms with Crippen molar-refractivity contribution >= 4 is 29.3 Å². The highest BCUT2D eigenvalue weighted by molar-refractivity contribution is 7.99. The van der Waals surface area contributed by atoms with Gasteiger partial charge in [-0.3, -0.25) is 9.78 Å². The van der Waals surface area contributed by atoms with E-state index < -0.39 is 5.97 Å². The van der Waals surface area contributed by atoms with Crippen LogP contribution in [0.15, 0.2) is 53.9 Å². The molecular weight excluding hydrogens is 354 g/mol. The van der Waals surface area contributed by atoms with Gasteiger partial charge in [0, 0.05) is 30.7 Å². The van der Waals surface area contributed by atoms with E-state index in [0.717, 1.165) is 5.56 Å². The Morgan fingerprint density at radius 1 is 1.23 bits per heavy atom. The maximum atomic E-state index is 12.1. The molecule has 1 aromatic carbocycles. The van der Waals surface area contributed by atoms with Crippen molar-refractivity contribution in [1.29, 1.82) is 0 Å². The van der Waals surface area contributed by atoms with Gasteiger partial charge < -0.3 is 15.0 Å². The molecule has 3 aromatic rings. The molecule has 0 spiro atoms. The largest absolute Gasteiger partial charge is 0.478 e. The Bertz CT molecular complexity index is 943. The highest BCUT2D eigenvalue weighted by Gasteiger charge is 2.13. The number of amides is 1. The zero-order chi connectivity index (χ0) is 18.5. The van der Waals surface area contributed by atoms with E-state index in [9.17, 15) is 9.59 Å². The topological polar surface area (TPSA) is 110 Å². The van der Waals surface area contributed by atoms with Crippen molar-refractivity contribution in [3.8, 4) is 11.4 Å². The first kappa shape index (κ1) is 17.6. The van der Waals surface area contributed by atoms with Crippen LogP contribution in [0.25, 0.3) is 11.4 Å². The lowest BCUT2D eigenvalue weighted by Gasteiger charge is -2.06. The third-order valence-corrected chi connectivity index (χ3v) is 4.50. The van der Waals surface area contributed by atoms with Crippen LogP contribution in [0.2, 0.25) is 0 Å². The van der Waals surface area contributed by atoms with Gasteiger partial charge in [0.1, 0.15) is 0 Å². The smallest absolute Gasteiger partial charge is 0.335 e. The molecule has 0 aliphatic heterocycles. The number of aromatic nitrogens is 4. The number of hydrogen-bond donors (Lipinski definition) is 2. The minimum absolute atomic E-state index is 0.116. The molecule has 0 unspecified atom stereocenters. The number of pyridine rings is 1. The van der Waals surface area contributed by atoms with Crippen LogP contribution >= 0.6 is 11.8 Å². The standard InChI is InChI=1S/C17H15N5O3S/c1-22-15(12-5-3-7-18-9-12)20-21-17(22)26-10-14(23)19-13-6-2-4-11(8-13)16(24)25/h2-9H,10H2,1H3,(H,19,23)(H,24,25). The zero-order valence-corrected chi connectivity index (χ0v) is 14.6. The van der Waals surface area contributed by atoms with Gasteiger partial charge in [-0.05, 0) is 30.3 Å². The van der Waals surface area contributed by atoms with Crippen molar-refractivity contribution < 1.29 is 14.7 Å². The van der Waals surface area contributed by atoms with Gasteiger partial charge in [0.15, 0.2) is 11.0 Å². The van der Waals surface area contributed by atoms with Crippen LogP contribution in [0.3, 0.4) is 0 Å². The molecule has 26 heavy (non-hydrogen) atoms. The van der Waals surface area contributed by atoms with Crippen LogP contribution in [0.4, 0.5) is 5.69 Å². The van der Waals surface area contributed by atoms with Gasteiger partial charge >= 0.3 is 5.97 Å². The summed E-state index contributed by atoms with van der Waals surface area (Å²) in [6.07, 6.45) is 3.37. The number of nitrogens with zero attached hydrogens (tertiary/aromatic N) is 4. The normalized spacial score (nSPS) is 10.5. The Balaban J connectivity index is 1.63. The average Bonchev–Trinajstić information content (AvgIpc) is 3.01. The molecule has 2 heterocycles. The summed E-state index contributed by atoms with van der Waals surface area (Å²) in [5, 5.41) is 20.5. The van der Waals surface area contributed by atoms with Gasteiger partial charge in [-0.2, -0.15) is 0 Å². The van der Waals surface area contributed by atoms with Crippen molar-refractivity contribution in [3.63, 3.8) is 0 Å². The van der Waals surface area contributed by atoms with E-state index in [2.05, 4.69) is 20.5 Å². The summed E-state index contributed by atoms with van der Waals surface area (Å²) < 4.78 is 1.79. The predicted octanol–water partition coefficient (Wildman–Crippen LogP) is 2.31. The summed E-state index contributed by atoms with van der Waals surface area (Å²) in [7, 11) is 1.82.